The highest BCUT2D eigenvalue weighted by Gasteiger charge is 2.50. The number of amides is 4. The van der Waals surface area contributed by atoms with Crippen LogP contribution in [0.1, 0.15) is 38.3 Å². The molecule has 1 aromatic rings. The number of alkyl halides is 3. The maximum absolute atomic E-state index is 12.9. The number of rotatable bonds is 6. The number of nitrogens with zero attached hydrogens (tertiary/aromatic N) is 1. The molecule has 6 nitrogen and oxygen atoms in total. The molecule has 1 aliphatic heterocycles. The zero-order valence-electron chi connectivity index (χ0n) is 15.3. The molecular formula is C18H22F3N3O3. The number of halogens is 3. The monoisotopic (exact) mass is 385 g/mol. The molecule has 1 heterocycles. The Morgan fingerprint density at radius 2 is 1.96 bits per heavy atom. The van der Waals surface area contributed by atoms with Crippen LogP contribution < -0.4 is 10.6 Å². The predicted octanol–water partition coefficient (Wildman–Crippen LogP) is 2.63. The van der Waals surface area contributed by atoms with Crippen LogP contribution in [0.25, 0.3) is 0 Å². The molecule has 148 valence electrons. The fourth-order valence-electron chi connectivity index (χ4n) is 2.74. The standard InChI is InChI=1S/C18H22F3N3O3/c1-11(2)7-8-22-14(25)10-24-15(26)17(3,23-16(24)27)12-5-4-6-13(9-12)18(19,20)21/h4-6,9,11H,7-8,10H2,1-3H3,(H,22,25)(H,23,27). The van der Waals surface area contributed by atoms with E-state index >= 15 is 0 Å². The Bertz CT molecular complexity index is 749. The highest BCUT2D eigenvalue weighted by molar-refractivity contribution is 6.09. The molecule has 0 radical (unpaired) electrons. The van der Waals surface area contributed by atoms with Gasteiger partial charge in [-0.05, 0) is 37.0 Å². The Hall–Kier alpha value is -2.58. The molecule has 27 heavy (non-hydrogen) atoms. The number of imide groups is 1. The zero-order chi connectivity index (χ0) is 20.4. The minimum Gasteiger partial charge on any atom is -0.355 e. The molecule has 0 aromatic heterocycles. The summed E-state index contributed by atoms with van der Waals surface area (Å²) in [5.74, 6) is -0.899. The molecule has 1 fully saturated rings. The minimum absolute atomic E-state index is 0.00149. The number of hydrogen-bond donors (Lipinski definition) is 2. The topological polar surface area (TPSA) is 78.5 Å². The van der Waals surface area contributed by atoms with Crippen LogP contribution in [0, 0.1) is 5.92 Å². The Labute approximate surface area is 155 Å². The number of carbonyl (C=O) groups excluding carboxylic acids is 3. The molecule has 0 bridgehead atoms. The van der Waals surface area contributed by atoms with Crippen molar-refractivity contribution in [3.8, 4) is 0 Å². The first kappa shape index (κ1) is 20.7. The van der Waals surface area contributed by atoms with Crippen molar-refractivity contribution < 1.29 is 27.6 Å². The maximum atomic E-state index is 12.9. The lowest BCUT2D eigenvalue weighted by molar-refractivity contribution is -0.138. The van der Waals surface area contributed by atoms with Gasteiger partial charge in [0.05, 0.1) is 5.56 Å². The van der Waals surface area contributed by atoms with Crippen molar-refractivity contribution in [2.75, 3.05) is 13.1 Å². The van der Waals surface area contributed by atoms with Crippen molar-refractivity contribution in [1.82, 2.24) is 15.5 Å². The van der Waals surface area contributed by atoms with E-state index in [2.05, 4.69) is 10.6 Å². The van der Waals surface area contributed by atoms with E-state index < -0.39 is 41.7 Å². The molecule has 1 aliphatic rings. The van der Waals surface area contributed by atoms with Gasteiger partial charge in [0.2, 0.25) is 5.91 Å². The second kappa shape index (κ2) is 7.58. The summed E-state index contributed by atoms with van der Waals surface area (Å²) in [7, 11) is 0. The molecule has 9 heteroatoms. The number of carbonyl (C=O) groups is 3. The van der Waals surface area contributed by atoms with Crippen LogP contribution in [0.5, 0.6) is 0 Å². The molecule has 1 atom stereocenters. The predicted molar refractivity (Wildman–Crippen MR) is 91.5 cm³/mol. The summed E-state index contributed by atoms with van der Waals surface area (Å²) in [5.41, 5.74) is -2.59. The fourth-order valence-corrected chi connectivity index (χ4v) is 2.74. The third-order valence-electron chi connectivity index (χ3n) is 4.39. The van der Waals surface area contributed by atoms with Crippen molar-refractivity contribution in [1.29, 1.82) is 0 Å². The Morgan fingerprint density at radius 1 is 1.30 bits per heavy atom. The van der Waals surface area contributed by atoms with E-state index in [1.54, 1.807) is 0 Å². The van der Waals surface area contributed by atoms with Gasteiger partial charge in [-0.25, -0.2) is 4.79 Å². The van der Waals surface area contributed by atoms with Gasteiger partial charge in [0.25, 0.3) is 5.91 Å². The van der Waals surface area contributed by atoms with Crippen LogP contribution in [0.3, 0.4) is 0 Å². The molecule has 4 amide bonds. The van der Waals surface area contributed by atoms with Crippen molar-refractivity contribution in [2.24, 2.45) is 5.92 Å². The van der Waals surface area contributed by atoms with Crippen LogP contribution in [0.4, 0.5) is 18.0 Å². The first-order chi connectivity index (χ1) is 12.4. The van der Waals surface area contributed by atoms with E-state index in [-0.39, 0.29) is 5.56 Å². The minimum atomic E-state index is -4.58. The summed E-state index contributed by atoms with van der Waals surface area (Å²) < 4.78 is 38.8. The second-order valence-corrected chi connectivity index (χ2v) is 7.06. The van der Waals surface area contributed by atoms with Gasteiger partial charge in [-0.1, -0.05) is 26.0 Å². The molecule has 2 N–H and O–H groups in total. The van der Waals surface area contributed by atoms with E-state index in [0.29, 0.717) is 17.4 Å². The SMILES string of the molecule is CC(C)CCNC(=O)CN1C(=O)NC(C)(c2cccc(C(F)(F)F)c2)C1=O. The molecule has 1 saturated heterocycles. The zero-order valence-corrected chi connectivity index (χ0v) is 15.3. The lowest BCUT2D eigenvalue weighted by atomic mass is 9.90. The average molecular weight is 385 g/mol. The number of hydrogen-bond acceptors (Lipinski definition) is 3. The van der Waals surface area contributed by atoms with Gasteiger partial charge in [-0.3, -0.25) is 14.5 Å². The molecule has 0 spiro atoms. The molecule has 0 aliphatic carbocycles. The number of urea groups is 1. The normalized spacial score (nSPS) is 20.2. The van der Waals surface area contributed by atoms with E-state index in [9.17, 15) is 27.6 Å². The van der Waals surface area contributed by atoms with Gasteiger partial charge in [0.1, 0.15) is 12.1 Å². The van der Waals surface area contributed by atoms with Crippen LogP contribution in [-0.2, 0) is 21.3 Å². The van der Waals surface area contributed by atoms with Crippen molar-refractivity contribution in [2.45, 2.75) is 38.9 Å². The van der Waals surface area contributed by atoms with Gasteiger partial charge in [-0.15, -0.1) is 0 Å². The summed E-state index contributed by atoms with van der Waals surface area (Å²) in [6, 6.07) is 3.39. The number of benzene rings is 1. The van der Waals surface area contributed by atoms with E-state index in [1.165, 1.54) is 19.1 Å². The highest BCUT2D eigenvalue weighted by atomic mass is 19.4. The Kier molecular flexibility index (Phi) is 5.82. The second-order valence-electron chi connectivity index (χ2n) is 7.06. The summed E-state index contributed by atoms with van der Waals surface area (Å²) >= 11 is 0. The van der Waals surface area contributed by atoms with Gasteiger partial charge in [-0.2, -0.15) is 13.2 Å². The lowest BCUT2D eigenvalue weighted by Gasteiger charge is -2.23. The van der Waals surface area contributed by atoms with Gasteiger partial charge in [0, 0.05) is 6.54 Å². The van der Waals surface area contributed by atoms with Crippen LogP contribution in [0.2, 0.25) is 0 Å². The largest absolute Gasteiger partial charge is 0.416 e. The van der Waals surface area contributed by atoms with E-state index in [0.717, 1.165) is 18.6 Å². The molecule has 1 unspecified atom stereocenters. The molecule has 2 rings (SSSR count). The Balaban J connectivity index is 2.16. The van der Waals surface area contributed by atoms with Gasteiger partial charge < -0.3 is 10.6 Å². The van der Waals surface area contributed by atoms with Crippen molar-refractivity contribution in [3.63, 3.8) is 0 Å². The summed E-state index contributed by atoms with van der Waals surface area (Å²) in [4.78, 5) is 37.5. The fraction of sp³-hybridized carbons (Fsp3) is 0.500. The molecular weight excluding hydrogens is 363 g/mol. The van der Waals surface area contributed by atoms with Crippen LogP contribution in [0.15, 0.2) is 24.3 Å². The van der Waals surface area contributed by atoms with Crippen molar-refractivity contribution in [3.05, 3.63) is 35.4 Å². The smallest absolute Gasteiger partial charge is 0.355 e. The summed E-state index contributed by atoms with van der Waals surface area (Å²) in [5, 5.41) is 5.01. The van der Waals surface area contributed by atoms with Crippen LogP contribution in [-0.4, -0.2) is 35.8 Å². The average Bonchev–Trinajstić information content (AvgIpc) is 2.78. The first-order valence-corrected chi connectivity index (χ1v) is 8.53. The van der Waals surface area contributed by atoms with Gasteiger partial charge in [0.15, 0.2) is 0 Å². The van der Waals surface area contributed by atoms with Gasteiger partial charge >= 0.3 is 12.2 Å². The third-order valence-corrected chi connectivity index (χ3v) is 4.39. The summed E-state index contributed by atoms with van der Waals surface area (Å²) in [6.07, 6.45) is -3.83. The maximum Gasteiger partial charge on any atom is 0.416 e. The highest BCUT2D eigenvalue weighted by Crippen LogP contribution is 2.34. The molecule has 0 saturated carbocycles. The van der Waals surface area contributed by atoms with Crippen molar-refractivity contribution >= 4 is 17.8 Å². The number of nitrogens with one attached hydrogen (secondary N) is 2. The van der Waals surface area contributed by atoms with E-state index in [1.807, 2.05) is 13.8 Å². The third kappa shape index (κ3) is 4.58. The lowest BCUT2D eigenvalue weighted by Crippen LogP contribution is -2.43. The van der Waals surface area contributed by atoms with E-state index in [4.69, 9.17) is 0 Å². The molecule has 1 aromatic carbocycles. The Morgan fingerprint density at radius 3 is 2.56 bits per heavy atom. The quantitative estimate of drug-likeness (QED) is 0.739. The van der Waals surface area contributed by atoms with Crippen LogP contribution >= 0.6 is 0 Å². The first-order valence-electron chi connectivity index (χ1n) is 8.53. The summed E-state index contributed by atoms with van der Waals surface area (Å²) in [6.45, 7) is 5.22.